The lowest BCUT2D eigenvalue weighted by atomic mass is 9.97. The predicted octanol–water partition coefficient (Wildman–Crippen LogP) is 4.68. The molecule has 0 aromatic heterocycles. The summed E-state index contributed by atoms with van der Waals surface area (Å²) in [6.45, 7) is 3.63. The second-order valence-electron chi connectivity index (χ2n) is 7.12. The molecule has 1 heterocycles. The van der Waals surface area contributed by atoms with Gasteiger partial charge in [0.1, 0.15) is 18.4 Å². The summed E-state index contributed by atoms with van der Waals surface area (Å²) in [7, 11) is 0. The molecule has 0 aliphatic carbocycles. The molecule has 0 spiro atoms. The van der Waals surface area contributed by atoms with Crippen molar-refractivity contribution in [1.82, 2.24) is 4.90 Å². The molecule has 4 rings (SSSR count). The Labute approximate surface area is 165 Å². The van der Waals surface area contributed by atoms with Crippen molar-refractivity contribution >= 4 is 5.97 Å². The Balaban J connectivity index is 1.71. The third-order valence-corrected chi connectivity index (χ3v) is 5.20. The molecule has 3 aromatic rings. The number of carbonyl (C=O) groups is 1. The number of benzene rings is 3. The Morgan fingerprint density at radius 3 is 2.54 bits per heavy atom. The first-order valence-electron chi connectivity index (χ1n) is 9.47. The Bertz CT molecular complexity index is 981. The number of hydrogen-bond donors (Lipinski definition) is 1. The van der Waals surface area contributed by atoms with Crippen LogP contribution in [-0.4, -0.2) is 29.1 Å². The molecular formula is C24H23NO3. The zero-order valence-electron chi connectivity index (χ0n) is 15.8. The summed E-state index contributed by atoms with van der Waals surface area (Å²) in [6, 6.07) is 23.3. The zero-order valence-corrected chi connectivity index (χ0v) is 15.8. The van der Waals surface area contributed by atoms with Crippen molar-refractivity contribution in [2.24, 2.45) is 0 Å². The van der Waals surface area contributed by atoms with Crippen molar-refractivity contribution in [2.75, 3.05) is 13.2 Å². The van der Waals surface area contributed by atoms with Gasteiger partial charge in [-0.3, -0.25) is 9.69 Å². The standard InChI is InChI=1S/C24H23NO3/c1-17-10-12-18(13-11-17)20-7-3-2-6-19(20)16-25-14-15-28-22-9-5-4-8-21(22)23(25)24(26)27/h2-13,23H,14-16H2,1H3,(H,26,27). The highest BCUT2D eigenvalue weighted by molar-refractivity contribution is 5.77. The summed E-state index contributed by atoms with van der Waals surface area (Å²) in [5, 5.41) is 9.98. The molecule has 0 radical (unpaired) electrons. The van der Waals surface area contributed by atoms with Crippen LogP contribution >= 0.6 is 0 Å². The average molecular weight is 373 g/mol. The molecule has 1 N–H and O–H groups in total. The minimum absolute atomic E-state index is 0.466. The first-order chi connectivity index (χ1) is 13.6. The normalized spacial score (nSPS) is 16.7. The summed E-state index contributed by atoms with van der Waals surface area (Å²) in [6.07, 6.45) is 0. The summed E-state index contributed by atoms with van der Waals surface area (Å²) < 4.78 is 5.82. The van der Waals surface area contributed by atoms with E-state index >= 15 is 0 Å². The lowest BCUT2D eigenvalue weighted by Crippen LogP contribution is -2.34. The maximum Gasteiger partial charge on any atom is 0.325 e. The van der Waals surface area contributed by atoms with Crippen molar-refractivity contribution < 1.29 is 14.6 Å². The number of carboxylic acid groups (broad SMARTS) is 1. The number of ether oxygens (including phenoxy) is 1. The van der Waals surface area contributed by atoms with Gasteiger partial charge in [-0.2, -0.15) is 0 Å². The van der Waals surface area contributed by atoms with E-state index in [-0.39, 0.29) is 0 Å². The second kappa shape index (κ2) is 7.87. The molecule has 0 bridgehead atoms. The van der Waals surface area contributed by atoms with Crippen molar-refractivity contribution in [1.29, 1.82) is 0 Å². The smallest absolute Gasteiger partial charge is 0.325 e. The molecule has 1 unspecified atom stereocenters. The maximum absolute atomic E-state index is 12.2. The summed E-state index contributed by atoms with van der Waals surface area (Å²) >= 11 is 0. The summed E-state index contributed by atoms with van der Waals surface area (Å²) in [5.41, 5.74) is 5.30. The topological polar surface area (TPSA) is 49.8 Å². The molecule has 0 fully saturated rings. The molecule has 0 amide bonds. The summed E-state index contributed by atoms with van der Waals surface area (Å²) in [4.78, 5) is 14.2. The van der Waals surface area contributed by atoms with E-state index in [2.05, 4.69) is 43.3 Å². The number of para-hydroxylation sites is 1. The van der Waals surface area contributed by atoms with Gasteiger partial charge in [0.15, 0.2) is 0 Å². The van der Waals surface area contributed by atoms with Gasteiger partial charge in [0, 0.05) is 18.7 Å². The fourth-order valence-corrected chi connectivity index (χ4v) is 3.79. The van der Waals surface area contributed by atoms with Gasteiger partial charge in [0.2, 0.25) is 0 Å². The van der Waals surface area contributed by atoms with Crippen molar-refractivity contribution in [3.05, 3.63) is 89.5 Å². The van der Waals surface area contributed by atoms with Gasteiger partial charge in [-0.1, -0.05) is 72.3 Å². The number of nitrogens with zero attached hydrogens (tertiary/aromatic N) is 1. The molecule has 4 nitrogen and oxygen atoms in total. The van der Waals surface area contributed by atoms with Crippen LogP contribution in [0.5, 0.6) is 5.75 Å². The highest BCUT2D eigenvalue weighted by Gasteiger charge is 2.32. The number of aryl methyl sites for hydroxylation is 1. The highest BCUT2D eigenvalue weighted by atomic mass is 16.5. The minimum Gasteiger partial charge on any atom is -0.492 e. The van der Waals surface area contributed by atoms with Crippen LogP contribution in [0.3, 0.4) is 0 Å². The van der Waals surface area contributed by atoms with Crippen LogP contribution in [0.4, 0.5) is 0 Å². The first-order valence-corrected chi connectivity index (χ1v) is 9.47. The summed E-state index contributed by atoms with van der Waals surface area (Å²) in [5.74, 6) is -0.199. The van der Waals surface area contributed by atoms with Crippen LogP contribution in [-0.2, 0) is 11.3 Å². The number of carboxylic acids is 1. The maximum atomic E-state index is 12.2. The third kappa shape index (κ3) is 3.64. The Kier molecular flexibility index (Phi) is 5.13. The zero-order chi connectivity index (χ0) is 19.5. The number of hydrogen-bond acceptors (Lipinski definition) is 3. The lowest BCUT2D eigenvalue weighted by molar-refractivity contribution is -0.143. The van der Waals surface area contributed by atoms with Crippen LogP contribution in [0.25, 0.3) is 11.1 Å². The van der Waals surface area contributed by atoms with Gasteiger partial charge >= 0.3 is 5.97 Å². The quantitative estimate of drug-likeness (QED) is 0.721. The van der Waals surface area contributed by atoms with Crippen LogP contribution in [0.1, 0.15) is 22.7 Å². The molecular weight excluding hydrogens is 350 g/mol. The van der Waals surface area contributed by atoms with Crippen LogP contribution in [0.15, 0.2) is 72.8 Å². The van der Waals surface area contributed by atoms with E-state index in [4.69, 9.17) is 4.74 Å². The fourth-order valence-electron chi connectivity index (χ4n) is 3.79. The van der Waals surface area contributed by atoms with Crippen LogP contribution in [0, 0.1) is 6.92 Å². The van der Waals surface area contributed by atoms with E-state index in [1.165, 1.54) is 5.56 Å². The van der Waals surface area contributed by atoms with Crippen molar-refractivity contribution in [2.45, 2.75) is 19.5 Å². The first kappa shape index (κ1) is 18.3. The SMILES string of the molecule is Cc1ccc(-c2ccccc2CN2CCOc3ccccc3C2C(=O)O)cc1. The predicted molar refractivity (Wildman–Crippen MR) is 109 cm³/mol. The van der Waals surface area contributed by atoms with E-state index in [1.54, 1.807) is 0 Å². The average Bonchev–Trinajstić information content (AvgIpc) is 2.88. The molecule has 3 aromatic carbocycles. The Hall–Kier alpha value is -3.11. The van der Waals surface area contributed by atoms with Gasteiger partial charge in [-0.05, 0) is 29.7 Å². The van der Waals surface area contributed by atoms with E-state index in [0.717, 1.165) is 16.7 Å². The van der Waals surface area contributed by atoms with Crippen molar-refractivity contribution in [3.8, 4) is 16.9 Å². The van der Waals surface area contributed by atoms with Gasteiger partial charge < -0.3 is 9.84 Å². The molecule has 1 aliphatic heterocycles. The Morgan fingerprint density at radius 1 is 1.04 bits per heavy atom. The number of rotatable bonds is 4. The van der Waals surface area contributed by atoms with Gasteiger partial charge in [0.05, 0.1) is 0 Å². The van der Waals surface area contributed by atoms with E-state index in [0.29, 0.717) is 31.0 Å². The van der Waals surface area contributed by atoms with Gasteiger partial charge in [0.25, 0.3) is 0 Å². The van der Waals surface area contributed by atoms with Gasteiger partial charge in [-0.15, -0.1) is 0 Å². The highest BCUT2D eigenvalue weighted by Crippen LogP contribution is 2.34. The lowest BCUT2D eigenvalue weighted by Gasteiger charge is -2.27. The molecule has 0 saturated heterocycles. The molecule has 142 valence electrons. The van der Waals surface area contributed by atoms with E-state index in [9.17, 15) is 9.90 Å². The molecule has 1 atom stereocenters. The van der Waals surface area contributed by atoms with Crippen LogP contribution in [0.2, 0.25) is 0 Å². The molecule has 28 heavy (non-hydrogen) atoms. The Morgan fingerprint density at radius 2 is 1.75 bits per heavy atom. The van der Waals surface area contributed by atoms with Crippen molar-refractivity contribution in [3.63, 3.8) is 0 Å². The molecule has 0 saturated carbocycles. The second-order valence-corrected chi connectivity index (χ2v) is 7.12. The number of fused-ring (bicyclic) bond motifs is 1. The largest absolute Gasteiger partial charge is 0.492 e. The third-order valence-electron chi connectivity index (χ3n) is 5.20. The molecule has 1 aliphatic rings. The minimum atomic E-state index is -0.856. The van der Waals surface area contributed by atoms with E-state index in [1.807, 2.05) is 41.3 Å². The van der Waals surface area contributed by atoms with E-state index < -0.39 is 12.0 Å². The van der Waals surface area contributed by atoms with Gasteiger partial charge in [-0.25, -0.2) is 0 Å². The monoisotopic (exact) mass is 373 g/mol. The molecule has 4 heteroatoms. The fraction of sp³-hybridized carbons (Fsp3) is 0.208. The van der Waals surface area contributed by atoms with Crippen LogP contribution < -0.4 is 4.74 Å². The number of aliphatic carboxylic acids is 1.